The number of nitrogens with two attached hydrogens (primary N) is 1. The van der Waals surface area contributed by atoms with E-state index >= 15 is 0 Å². The Morgan fingerprint density at radius 2 is 2.11 bits per heavy atom. The molecule has 3 N–H and O–H groups in total. The normalized spacial score (nSPS) is 14.9. The molecule has 0 aromatic carbocycles. The molecule has 2 nitrogen and oxygen atoms in total. The van der Waals surface area contributed by atoms with Crippen molar-refractivity contribution < 1.29 is 0 Å². The summed E-state index contributed by atoms with van der Waals surface area (Å²) in [5.74, 6) is 0. The van der Waals surface area contributed by atoms with E-state index in [1.54, 1.807) is 6.20 Å². The van der Waals surface area contributed by atoms with Crippen LogP contribution in [0, 0.1) is 0 Å². The van der Waals surface area contributed by atoms with E-state index < -0.39 is 0 Å². The Morgan fingerprint density at radius 1 is 1.33 bits per heavy atom. The highest BCUT2D eigenvalue weighted by Crippen LogP contribution is 1.88. The molecular formula is C6H9ClN2. The van der Waals surface area contributed by atoms with Gasteiger partial charge in [-0.3, -0.25) is 0 Å². The second-order valence-corrected chi connectivity index (χ2v) is 1.53. The van der Waals surface area contributed by atoms with Crippen LogP contribution >= 0.6 is 12.4 Å². The molecule has 0 amide bonds. The smallest absolute Gasteiger partial charge is 0.0476 e. The maximum atomic E-state index is 5.41. The Kier molecular flexibility index (Phi) is 3.64. The van der Waals surface area contributed by atoms with Crippen LogP contribution in [-0.4, -0.2) is 0 Å². The number of halogens is 1. The lowest BCUT2D eigenvalue weighted by Gasteiger charge is -1.87. The van der Waals surface area contributed by atoms with Crippen molar-refractivity contribution in [3.63, 3.8) is 0 Å². The highest BCUT2D eigenvalue weighted by atomic mass is 35.5. The monoisotopic (exact) mass is 144 g/mol. The van der Waals surface area contributed by atoms with Crippen molar-refractivity contribution in [3.05, 3.63) is 36.3 Å². The average Bonchev–Trinajstić information content (AvgIpc) is 1.94. The summed E-state index contributed by atoms with van der Waals surface area (Å²) in [7, 11) is 0. The molecule has 0 atom stereocenters. The van der Waals surface area contributed by atoms with Crippen LogP contribution in [0.15, 0.2) is 36.3 Å². The molecule has 1 aliphatic heterocycles. The van der Waals surface area contributed by atoms with Gasteiger partial charge in [-0.2, -0.15) is 0 Å². The number of hydrogen-bond acceptors (Lipinski definition) is 2. The van der Waals surface area contributed by atoms with E-state index in [1.165, 1.54) is 0 Å². The van der Waals surface area contributed by atoms with Gasteiger partial charge in [-0.1, -0.05) is 6.08 Å². The van der Waals surface area contributed by atoms with E-state index in [-0.39, 0.29) is 12.4 Å². The van der Waals surface area contributed by atoms with Crippen LogP contribution in [0.5, 0.6) is 0 Å². The molecule has 0 unspecified atom stereocenters. The van der Waals surface area contributed by atoms with Crippen LogP contribution in [0.4, 0.5) is 0 Å². The molecule has 0 spiro atoms. The van der Waals surface area contributed by atoms with E-state index in [2.05, 4.69) is 5.32 Å². The van der Waals surface area contributed by atoms with Crippen molar-refractivity contribution in [3.8, 4) is 0 Å². The molecule has 0 aliphatic carbocycles. The molecule has 3 heteroatoms. The zero-order chi connectivity index (χ0) is 5.82. The van der Waals surface area contributed by atoms with Crippen LogP contribution < -0.4 is 11.1 Å². The Morgan fingerprint density at radius 3 is 2.89 bits per heavy atom. The van der Waals surface area contributed by atoms with Gasteiger partial charge >= 0.3 is 0 Å². The van der Waals surface area contributed by atoms with E-state index in [1.807, 2.05) is 24.4 Å². The van der Waals surface area contributed by atoms with Crippen LogP contribution in [0.1, 0.15) is 0 Å². The maximum Gasteiger partial charge on any atom is 0.0476 e. The fourth-order valence-corrected chi connectivity index (χ4v) is 0.470. The fourth-order valence-electron chi connectivity index (χ4n) is 0.470. The largest absolute Gasteiger partial charge is 0.398 e. The Balaban J connectivity index is 0.000000640. The summed E-state index contributed by atoms with van der Waals surface area (Å²) < 4.78 is 0. The quantitative estimate of drug-likeness (QED) is 0.530. The van der Waals surface area contributed by atoms with Crippen molar-refractivity contribution >= 4 is 12.4 Å². The highest BCUT2D eigenvalue weighted by Gasteiger charge is 1.80. The van der Waals surface area contributed by atoms with Crippen LogP contribution in [-0.2, 0) is 0 Å². The summed E-state index contributed by atoms with van der Waals surface area (Å²) in [5.41, 5.74) is 6.15. The van der Waals surface area contributed by atoms with Crippen molar-refractivity contribution in [1.29, 1.82) is 0 Å². The van der Waals surface area contributed by atoms with E-state index in [4.69, 9.17) is 5.73 Å². The van der Waals surface area contributed by atoms with E-state index in [9.17, 15) is 0 Å². The molecular weight excluding hydrogens is 136 g/mol. The van der Waals surface area contributed by atoms with Crippen molar-refractivity contribution in [1.82, 2.24) is 5.32 Å². The predicted molar refractivity (Wildman–Crippen MR) is 40.9 cm³/mol. The third-order valence-corrected chi connectivity index (χ3v) is 0.842. The first-order chi connectivity index (χ1) is 3.89. The molecule has 0 saturated carbocycles. The summed E-state index contributed by atoms with van der Waals surface area (Å²) in [6, 6.07) is 0. The second-order valence-electron chi connectivity index (χ2n) is 1.53. The van der Waals surface area contributed by atoms with Gasteiger partial charge in [0.05, 0.1) is 0 Å². The van der Waals surface area contributed by atoms with Crippen LogP contribution in [0.3, 0.4) is 0 Å². The highest BCUT2D eigenvalue weighted by molar-refractivity contribution is 5.85. The first-order valence-electron chi connectivity index (χ1n) is 2.44. The van der Waals surface area contributed by atoms with Crippen LogP contribution in [0.25, 0.3) is 0 Å². The van der Waals surface area contributed by atoms with Crippen molar-refractivity contribution in [2.24, 2.45) is 5.73 Å². The summed E-state index contributed by atoms with van der Waals surface area (Å²) in [6.07, 6.45) is 9.15. The predicted octanol–water partition coefficient (Wildman–Crippen LogP) is 0.881. The minimum atomic E-state index is 0. The van der Waals surface area contributed by atoms with Crippen LogP contribution in [0.2, 0.25) is 0 Å². The molecule has 0 bridgehead atoms. The minimum Gasteiger partial charge on any atom is -0.398 e. The molecule has 1 heterocycles. The van der Waals surface area contributed by atoms with Gasteiger partial charge in [-0.05, 0) is 12.2 Å². The number of hydrogen-bond donors (Lipinski definition) is 2. The Labute approximate surface area is 60.5 Å². The summed E-state index contributed by atoms with van der Waals surface area (Å²) >= 11 is 0. The minimum absolute atomic E-state index is 0. The van der Waals surface area contributed by atoms with Gasteiger partial charge in [0.1, 0.15) is 0 Å². The summed E-state index contributed by atoms with van der Waals surface area (Å²) in [6.45, 7) is 0. The standard InChI is InChI=1S/C6H8N2.ClH/c7-6-3-1-2-4-8-5-6;/h1-5,8H,7H2;1H. The lowest BCUT2D eigenvalue weighted by Crippen LogP contribution is -1.98. The molecule has 0 aromatic heterocycles. The maximum absolute atomic E-state index is 5.41. The lowest BCUT2D eigenvalue weighted by molar-refractivity contribution is 1.17. The molecule has 0 fully saturated rings. The molecule has 0 radical (unpaired) electrons. The average molecular weight is 145 g/mol. The van der Waals surface area contributed by atoms with Gasteiger partial charge in [0.2, 0.25) is 0 Å². The van der Waals surface area contributed by atoms with Gasteiger partial charge in [0.25, 0.3) is 0 Å². The summed E-state index contributed by atoms with van der Waals surface area (Å²) in [4.78, 5) is 0. The zero-order valence-corrected chi connectivity index (χ0v) is 5.69. The van der Waals surface area contributed by atoms with E-state index in [0.717, 1.165) is 5.70 Å². The van der Waals surface area contributed by atoms with Gasteiger partial charge in [-0.15, -0.1) is 12.4 Å². The van der Waals surface area contributed by atoms with Gasteiger partial charge in [-0.25, -0.2) is 0 Å². The Hall–Kier alpha value is -0.890. The van der Waals surface area contributed by atoms with Crippen molar-refractivity contribution in [2.75, 3.05) is 0 Å². The fraction of sp³-hybridized carbons (Fsp3) is 0. The molecule has 0 aromatic rings. The second kappa shape index (κ2) is 4.04. The SMILES string of the molecule is Cl.NC1=CNC=CC=C1. The third-order valence-electron chi connectivity index (χ3n) is 0.842. The first kappa shape index (κ1) is 8.11. The topological polar surface area (TPSA) is 38.0 Å². The Bertz CT molecular complexity index is 156. The van der Waals surface area contributed by atoms with Gasteiger partial charge < -0.3 is 11.1 Å². The lowest BCUT2D eigenvalue weighted by atomic mass is 10.4. The van der Waals surface area contributed by atoms with E-state index in [0.29, 0.717) is 0 Å². The number of allylic oxidation sites excluding steroid dienone is 3. The molecule has 9 heavy (non-hydrogen) atoms. The van der Waals surface area contributed by atoms with Crippen molar-refractivity contribution in [2.45, 2.75) is 0 Å². The first-order valence-corrected chi connectivity index (χ1v) is 2.44. The molecule has 0 saturated heterocycles. The molecule has 1 aliphatic rings. The van der Waals surface area contributed by atoms with Gasteiger partial charge in [0.15, 0.2) is 0 Å². The zero-order valence-electron chi connectivity index (χ0n) is 4.87. The van der Waals surface area contributed by atoms with Gasteiger partial charge in [0, 0.05) is 18.1 Å². The molecule has 50 valence electrons. The summed E-state index contributed by atoms with van der Waals surface area (Å²) in [5, 5.41) is 2.87. The number of nitrogens with one attached hydrogen (secondary N) is 1. The number of rotatable bonds is 0. The third kappa shape index (κ3) is 2.82. The molecule has 1 rings (SSSR count).